The molecule has 2 aromatic heterocycles. The summed E-state index contributed by atoms with van der Waals surface area (Å²) in [5.74, 6) is 1.74. The summed E-state index contributed by atoms with van der Waals surface area (Å²) in [6.45, 7) is 7.51. The van der Waals surface area contributed by atoms with Gasteiger partial charge in [-0.25, -0.2) is 9.67 Å². The molecule has 1 N–H and O–H groups in total. The first-order valence-corrected chi connectivity index (χ1v) is 13.8. The number of ether oxygens (including phenoxy) is 1. The molecule has 3 aromatic rings. The molecule has 3 heterocycles. The summed E-state index contributed by atoms with van der Waals surface area (Å²) in [6.07, 6.45) is 4.12. The van der Waals surface area contributed by atoms with Gasteiger partial charge in [0.25, 0.3) is 5.91 Å². The lowest BCUT2D eigenvalue weighted by molar-refractivity contribution is 0.0984. The van der Waals surface area contributed by atoms with Gasteiger partial charge in [0.15, 0.2) is 5.82 Å². The van der Waals surface area contributed by atoms with Gasteiger partial charge >= 0.3 is 7.27 Å². The summed E-state index contributed by atoms with van der Waals surface area (Å²) < 4.78 is 36.6. The standard InChI is InChI=1S/C27H32BF2N5O2S/c1-19-17-26(2,3)34(18-19)24-21(25(36)33-38-20-7-5-4-6-8-20)9-10-22(31-24)35-15-11-23(32-35)37-16-14-27(12-13-27)28(29)30/h4-11,15,19H,12-14,16-18H2,1-3H3,(H,33,36). The first-order chi connectivity index (χ1) is 18.2. The van der Waals surface area contributed by atoms with E-state index in [0.29, 0.717) is 48.3 Å². The van der Waals surface area contributed by atoms with E-state index in [1.54, 1.807) is 29.1 Å². The van der Waals surface area contributed by atoms with Crippen molar-refractivity contribution >= 4 is 30.9 Å². The van der Waals surface area contributed by atoms with Crippen LogP contribution in [-0.2, 0) is 0 Å². The fraction of sp³-hybridized carbons (Fsp3) is 0.444. The van der Waals surface area contributed by atoms with E-state index in [1.165, 1.54) is 11.9 Å². The highest BCUT2D eigenvalue weighted by atomic mass is 32.2. The molecule has 7 nitrogen and oxygen atoms in total. The Labute approximate surface area is 226 Å². The van der Waals surface area contributed by atoms with E-state index in [0.717, 1.165) is 17.9 Å². The second-order valence-corrected chi connectivity index (χ2v) is 11.9. The Hall–Kier alpha value is -3.08. The Morgan fingerprint density at radius 2 is 1.95 bits per heavy atom. The first kappa shape index (κ1) is 26.5. The van der Waals surface area contributed by atoms with E-state index < -0.39 is 12.6 Å². The molecule has 1 aromatic carbocycles. The van der Waals surface area contributed by atoms with Gasteiger partial charge in [-0.3, -0.25) is 18.1 Å². The normalized spacial score (nSPS) is 19.3. The fourth-order valence-electron chi connectivity index (χ4n) is 5.17. The van der Waals surface area contributed by atoms with Crippen molar-refractivity contribution in [2.45, 2.75) is 62.2 Å². The van der Waals surface area contributed by atoms with Crippen molar-refractivity contribution in [2.75, 3.05) is 18.1 Å². The number of nitrogens with zero attached hydrogens (tertiary/aromatic N) is 4. The molecule has 1 aliphatic carbocycles. The maximum absolute atomic E-state index is 13.3. The predicted octanol–water partition coefficient (Wildman–Crippen LogP) is 6.06. The summed E-state index contributed by atoms with van der Waals surface area (Å²) in [5, 5.41) is 3.58. The van der Waals surface area contributed by atoms with Crippen LogP contribution >= 0.6 is 11.9 Å². The van der Waals surface area contributed by atoms with Crippen LogP contribution in [0.25, 0.3) is 5.82 Å². The van der Waals surface area contributed by atoms with Crippen molar-refractivity contribution in [1.82, 2.24) is 19.5 Å². The average Bonchev–Trinajstić information content (AvgIpc) is 3.44. The molecule has 1 unspecified atom stereocenters. The van der Waals surface area contributed by atoms with Crippen LogP contribution < -0.4 is 14.4 Å². The lowest BCUT2D eigenvalue weighted by atomic mass is 9.72. The maximum Gasteiger partial charge on any atom is 0.544 e. The van der Waals surface area contributed by atoms with Crippen LogP contribution in [0.4, 0.5) is 14.4 Å². The van der Waals surface area contributed by atoms with Crippen molar-refractivity contribution in [1.29, 1.82) is 0 Å². The minimum atomic E-state index is -2.31. The number of amides is 1. The number of pyridine rings is 1. The smallest absolute Gasteiger partial charge is 0.477 e. The monoisotopic (exact) mass is 539 g/mol. The van der Waals surface area contributed by atoms with E-state index in [1.807, 2.05) is 30.3 Å². The molecule has 1 amide bonds. The molecule has 1 atom stereocenters. The number of hydrogen-bond acceptors (Lipinski definition) is 6. The third-order valence-corrected chi connectivity index (χ3v) is 8.24. The van der Waals surface area contributed by atoms with E-state index >= 15 is 0 Å². The third-order valence-electron chi connectivity index (χ3n) is 7.44. The number of rotatable bonds is 10. The summed E-state index contributed by atoms with van der Waals surface area (Å²) in [6, 6.07) is 14.9. The van der Waals surface area contributed by atoms with Crippen LogP contribution in [0.3, 0.4) is 0 Å². The summed E-state index contributed by atoms with van der Waals surface area (Å²) in [4.78, 5) is 21.3. The quantitative estimate of drug-likeness (QED) is 0.250. The van der Waals surface area contributed by atoms with Gasteiger partial charge < -0.3 is 9.64 Å². The van der Waals surface area contributed by atoms with Gasteiger partial charge in [0.05, 0.1) is 12.2 Å². The zero-order chi connectivity index (χ0) is 26.9. The minimum absolute atomic E-state index is 0.172. The van der Waals surface area contributed by atoms with Crippen molar-refractivity contribution in [3.63, 3.8) is 0 Å². The Kier molecular flexibility index (Phi) is 7.39. The van der Waals surface area contributed by atoms with Crippen molar-refractivity contribution in [3.8, 4) is 11.7 Å². The Bertz CT molecular complexity index is 1290. The molecule has 0 spiro atoms. The molecule has 2 aliphatic rings. The molecule has 0 radical (unpaired) electrons. The number of halogens is 2. The molecule has 2 fully saturated rings. The minimum Gasteiger partial charge on any atom is -0.477 e. The zero-order valence-electron chi connectivity index (χ0n) is 21.9. The molecule has 1 aliphatic heterocycles. The molecule has 1 saturated heterocycles. The van der Waals surface area contributed by atoms with Crippen LogP contribution in [-0.4, -0.2) is 46.6 Å². The van der Waals surface area contributed by atoms with Gasteiger partial charge in [0, 0.05) is 34.6 Å². The molecule has 38 heavy (non-hydrogen) atoms. The largest absolute Gasteiger partial charge is 0.544 e. The van der Waals surface area contributed by atoms with Gasteiger partial charge in [-0.2, -0.15) is 0 Å². The molecule has 5 rings (SSSR count). The highest BCUT2D eigenvalue weighted by Crippen LogP contribution is 2.59. The van der Waals surface area contributed by atoms with E-state index in [9.17, 15) is 13.4 Å². The molecule has 11 heteroatoms. The SMILES string of the molecule is CC1CN(c2nc(-n3ccc(OCCC4(B(F)F)CC4)n3)ccc2C(=O)NSc2ccccc2)C(C)(C)C1. The van der Waals surface area contributed by atoms with Gasteiger partial charge in [-0.1, -0.05) is 25.1 Å². The number of carbonyl (C=O) groups is 1. The van der Waals surface area contributed by atoms with Crippen molar-refractivity contribution < 1.29 is 18.2 Å². The number of anilines is 1. The highest BCUT2D eigenvalue weighted by Gasteiger charge is 2.54. The van der Waals surface area contributed by atoms with Gasteiger partial charge in [0.2, 0.25) is 5.88 Å². The summed E-state index contributed by atoms with van der Waals surface area (Å²) >= 11 is 1.27. The second kappa shape index (κ2) is 10.6. The molecule has 1 saturated carbocycles. The fourth-order valence-corrected chi connectivity index (χ4v) is 5.78. The van der Waals surface area contributed by atoms with E-state index in [4.69, 9.17) is 9.72 Å². The van der Waals surface area contributed by atoms with Crippen LogP contribution in [0.1, 0.15) is 56.8 Å². The molecule has 200 valence electrons. The summed E-state index contributed by atoms with van der Waals surface area (Å²) in [7, 11) is -2.31. The molecule has 0 bridgehead atoms. The zero-order valence-corrected chi connectivity index (χ0v) is 22.7. The molecular formula is C27H32BF2N5O2S. The Morgan fingerprint density at radius 1 is 1.18 bits per heavy atom. The number of carbonyl (C=O) groups excluding carboxylic acids is 1. The molecular weight excluding hydrogens is 507 g/mol. The van der Waals surface area contributed by atoms with Crippen molar-refractivity contribution in [2.24, 2.45) is 5.92 Å². The second-order valence-electron chi connectivity index (χ2n) is 11.0. The Morgan fingerprint density at radius 3 is 2.61 bits per heavy atom. The van der Waals surface area contributed by atoms with Crippen LogP contribution in [0.2, 0.25) is 5.31 Å². The van der Waals surface area contributed by atoms with Crippen molar-refractivity contribution in [3.05, 3.63) is 60.3 Å². The lowest BCUT2D eigenvalue weighted by Gasteiger charge is -2.34. The van der Waals surface area contributed by atoms with Gasteiger partial charge in [0.1, 0.15) is 5.82 Å². The van der Waals surface area contributed by atoms with Gasteiger partial charge in [-0.05, 0) is 81.7 Å². The van der Waals surface area contributed by atoms with E-state index in [-0.39, 0.29) is 18.1 Å². The first-order valence-electron chi connectivity index (χ1n) is 12.9. The predicted molar refractivity (Wildman–Crippen MR) is 146 cm³/mol. The number of nitrogens with one attached hydrogen (secondary N) is 1. The number of benzene rings is 1. The van der Waals surface area contributed by atoms with Gasteiger partial charge in [-0.15, -0.1) is 5.10 Å². The topological polar surface area (TPSA) is 72.3 Å². The highest BCUT2D eigenvalue weighted by molar-refractivity contribution is 7.98. The maximum atomic E-state index is 13.3. The summed E-state index contributed by atoms with van der Waals surface area (Å²) in [5.41, 5.74) is 0.318. The van der Waals surface area contributed by atoms with E-state index in [2.05, 4.69) is 35.5 Å². The number of hydrogen-bond donors (Lipinski definition) is 1. The third kappa shape index (κ3) is 5.67. The number of aromatic nitrogens is 3. The lowest BCUT2D eigenvalue weighted by Crippen LogP contribution is -2.40. The van der Waals surface area contributed by atoms with Crippen LogP contribution in [0.5, 0.6) is 5.88 Å². The van der Waals surface area contributed by atoms with Crippen LogP contribution in [0, 0.1) is 5.92 Å². The van der Waals surface area contributed by atoms with Crippen LogP contribution in [0.15, 0.2) is 59.6 Å². The Balaban J connectivity index is 1.36. The average molecular weight is 539 g/mol.